The zero-order chi connectivity index (χ0) is 17.9. The number of benzene rings is 1. The van der Waals surface area contributed by atoms with E-state index in [9.17, 15) is 18.0 Å². The molecule has 1 heterocycles. The van der Waals surface area contributed by atoms with Gasteiger partial charge in [0.2, 0.25) is 5.91 Å². The summed E-state index contributed by atoms with van der Waals surface area (Å²) in [4.78, 5) is 16.6. The molecule has 25 heavy (non-hydrogen) atoms. The molecule has 0 saturated heterocycles. The van der Waals surface area contributed by atoms with Crippen molar-refractivity contribution in [1.29, 1.82) is 0 Å². The first-order valence-corrected chi connectivity index (χ1v) is 9.15. The smallest absolute Gasteiger partial charge is 0.353 e. The van der Waals surface area contributed by atoms with Gasteiger partial charge in [-0.15, -0.1) is 11.3 Å². The van der Waals surface area contributed by atoms with Crippen molar-refractivity contribution in [3.05, 3.63) is 41.4 Å². The second kappa shape index (κ2) is 7.56. The van der Waals surface area contributed by atoms with Gasteiger partial charge in [-0.1, -0.05) is 36.8 Å². The lowest BCUT2D eigenvalue weighted by molar-refractivity contribution is -0.184. The van der Waals surface area contributed by atoms with Crippen molar-refractivity contribution in [3.8, 4) is 10.6 Å². The van der Waals surface area contributed by atoms with Crippen LogP contribution in [-0.4, -0.2) is 23.1 Å². The van der Waals surface area contributed by atoms with Gasteiger partial charge in [0.1, 0.15) is 5.01 Å². The second-order valence-electron chi connectivity index (χ2n) is 6.36. The van der Waals surface area contributed by atoms with Crippen LogP contribution in [0, 0.1) is 5.92 Å². The standard InChI is InChI=1S/C18H19F3N2OS/c19-18(20,21)13-7-4-8-14(9-13)22-16(24)10-15-11-25-17(23-15)12-5-2-1-3-6-12/h1-3,5-6,11,13-14H,4,7-10H2,(H,22,24). The number of hydrogen-bond acceptors (Lipinski definition) is 3. The third-order valence-electron chi connectivity index (χ3n) is 4.42. The predicted molar refractivity (Wildman–Crippen MR) is 91.2 cm³/mol. The summed E-state index contributed by atoms with van der Waals surface area (Å²) in [5, 5.41) is 5.40. The first kappa shape index (κ1) is 17.9. The van der Waals surface area contributed by atoms with Crippen LogP contribution < -0.4 is 5.32 Å². The predicted octanol–water partition coefficient (Wildman–Crippen LogP) is 4.59. The van der Waals surface area contributed by atoms with Crippen molar-refractivity contribution < 1.29 is 18.0 Å². The monoisotopic (exact) mass is 368 g/mol. The van der Waals surface area contributed by atoms with Crippen molar-refractivity contribution in [2.45, 2.75) is 44.3 Å². The molecule has 3 rings (SSSR count). The Bertz CT molecular complexity index is 715. The highest BCUT2D eigenvalue weighted by atomic mass is 32.1. The normalized spacial score (nSPS) is 21.1. The van der Waals surface area contributed by atoms with E-state index in [-0.39, 0.29) is 25.2 Å². The van der Waals surface area contributed by atoms with Crippen LogP contribution in [0.3, 0.4) is 0 Å². The lowest BCUT2D eigenvalue weighted by Gasteiger charge is -2.31. The Labute approximate surface area is 148 Å². The molecule has 1 aliphatic carbocycles. The van der Waals surface area contributed by atoms with E-state index in [0.717, 1.165) is 10.6 Å². The molecule has 1 amide bonds. The van der Waals surface area contributed by atoms with Crippen molar-refractivity contribution in [2.75, 3.05) is 0 Å². The largest absolute Gasteiger partial charge is 0.391 e. The lowest BCUT2D eigenvalue weighted by Crippen LogP contribution is -2.42. The summed E-state index contributed by atoms with van der Waals surface area (Å²) < 4.78 is 38.5. The minimum absolute atomic E-state index is 0.0262. The summed E-state index contributed by atoms with van der Waals surface area (Å²) in [5.41, 5.74) is 1.63. The molecule has 1 fully saturated rings. The van der Waals surface area contributed by atoms with Gasteiger partial charge in [0.15, 0.2) is 0 Å². The average molecular weight is 368 g/mol. The molecule has 0 aliphatic heterocycles. The van der Waals surface area contributed by atoms with Crippen LogP contribution in [-0.2, 0) is 11.2 Å². The maximum atomic E-state index is 12.8. The van der Waals surface area contributed by atoms with Crippen LogP contribution >= 0.6 is 11.3 Å². The summed E-state index contributed by atoms with van der Waals surface area (Å²) in [5.74, 6) is -1.58. The number of thiazole rings is 1. The first-order valence-electron chi connectivity index (χ1n) is 8.27. The van der Waals surface area contributed by atoms with Crippen LogP contribution in [0.4, 0.5) is 13.2 Å². The summed E-state index contributed by atoms with van der Waals surface area (Å²) in [6.45, 7) is 0. The van der Waals surface area contributed by atoms with Gasteiger partial charge in [-0.3, -0.25) is 4.79 Å². The molecule has 1 N–H and O–H groups in total. The van der Waals surface area contributed by atoms with Crippen molar-refractivity contribution in [1.82, 2.24) is 10.3 Å². The molecule has 0 spiro atoms. The van der Waals surface area contributed by atoms with E-state index in [0.29, 0.717) is 18.5 Å². The highest BCUT2D eigenvalue weighted by Crippen LogP contribution is 2.37. The van der Waals surface area contributed by atoms with Crippen LogP contribution in [0.15, 0.2) is 35.7 Å². The Morgan fingerprint density at radius 2 is 2.00 bits per heavy atom. The van der Waals surface area contributed by atoms with Crippen LogP contribution in [0.5, 0.6) is 0 Å². The summed E-state index contributed by atoms with van der Waals surface area (Å²) in [6.07, 6.45) is -2.86. The number of hydrogen-bond donors (Lipinski definition) is 1. The molecule has 0 bridgehead atoms. The third kappa shape index (κ3) is 4.81. The van der Waals surface area contributed by atoms with E-state index in [2.05, 4.69) is 10.3 Å². The summed E-state index contributed by atoms with van der Waals surface area (Å²) in [7, 11) is 0. The van der Waals surface area contributed by atoms with Crippen LogP contribution in [0.1, 0.15) is 31.4 Å². The number of carbonyl (C=O) groups is 1. The number of alkyl halides is 3. The highest BCUT2D eigenvalue weighted by molar-refractivity contribution is 7.13. The number of amides is 1. The lowest BCUT2D eigenvalue weighted by atomic mass is 9.85. The fourth-order valence-electron chi connectivity index (χ4n) is 3.16. The molecule has 2 unspecified atom stereocenters. The van der Waals surface area contributed by atoms with E-state index < -0.39 is 18.1 Å². The Balaban J connectivity index is 1.55. The molecule has 1 saturated carbocycles. The summed E-state index contributed by atoms with van der Waals surface area (Å²) >= 11 is 1.45. The topological polar surface area (TPSA) is 42.0 Å². The van der Waals surface area contributed by atoms with Gasteiger partial charge in [-0.2, -0.15) is 13.2 Å². The van der Waals surface area contributed by atoms with E-state index in [4.69, 9.17) is 0 Å². The zero-order valence-electron chi connectivity index (χ0n) is 13.6. The van der Waals surface area contributed by atoms with Crippen molar-refractivity contribution in [3.63, 3.8) is 0 Å². The number of aromatic nitrogens is 1. The van der Waals surface area contributed by atoms with E-state index in [1.54, 1.807) is 0 Å². The van der Waals surface area contributed by atoms with Gasteiger partial charge in [0.25, 0.3) is 0 Å². The Morgan fingerprint density at radius 1 is 1.24 bits per heavy atom. The van der Waals surface area contributed by atoms with Gasteiger partial charge < -0.3 is 5.32 Å². The first-order chi connectivity index (χ1) is 11.9. The minimum atomic E-state index is -4.18. The summed E-state index contributed by atoms with van der Waals surface area (Å²) in [6, 6.07) is 9.25. The molecule has 7 heteroatoms. The maximum Gasteiger partial charge on any atom is 0.391 e. The number of rotatable bonds is 4. The molecule has 1 aromatic heterocycles. The fraction of sp³-hybridized carbons (Fsp3) is 0.444. The molecular formula is C18H19F3N2OS. The number of nitrogens with one attached hydrogen (secondary N) is 1. The van der Waals surface area contributed by atoms with Gasteiger partial charge in [-0.05, 0) is 19.3 Å². The molecule has 0 radical (unpaired) electrons. The Hall–Kier alpha value is -1.89. The van der Waals surface area contributed by atoms with E-state index in [1.165, 1.54) is 11.3 Å². The minimum Gasteiger partial charge on any atom is -0.353 e. The van der Waals surface area contributed by atoms with Crippen LogP contribution in [0.25, 0.3) is 10.6 Å². The quantitative estimate of drug-likeness (QED) is 0.858. The van der Waals surface area contributed by atoms with Crippen molar-refractivity contribution >= 4 is 17.2 Å². The maximum absolute atomic E-state index is 12.8. The molecule has 2 atom stereocenters. The zero-order valence-corrected chi connectivity index (χ0v) is 14.4. The SMILES string of the molecule is O=C(Cc1csc(-c2ccccc2)n1)NC1CCCC(C(F)(F)F)C1. The Morgan fingerprint density at radius 3 is 2.72 bits per heavy atom. The molecule has 2 aromatic rings. The molecule has 134 valence electrons. The van der Waals surface area contributed by atoms with Gasteiger partial charge >= 0.3 is 6.18 Å². The fourth-order valence-corrected chi connectivity index (χ4v) is 3.99. The van der Waals surface area contributed by atoms with Crippen LogP contribution in [0.2, 0.25) is 0 Å². The Kier molecular flexibility index (Phi) is 5.42. The molecule has 3 nitrogen and oxygen atoms in total. The van der Waals surface area contributed by atoms with Gasteiger partial charge in [0.05, 0.1) is 18.0 Å². The average Bonchev–Trinajstić information content (AvgIpc) is 3.03. The number of halogens is 3. The molecule has 1 aromatic carbocycles. The number of nitrogens with zero attached hydrogens (tertiary/aromatic N) is 1. The van der Waals surface area contributed by atoms with E-state index in [1.807, 2.05) is 35.7 Å². The molecule has 1 aliphatic rings. The second-order valence-corrected chi connectivity index (χ2v) is 7.21. The number of carbonyl (C=O) groups excluding carboxylic acids is 1. The molecular weight excluding hydrogens is 349 g/mol. The van der Waals surface area contributed by atoms with Gasteiger partial charge in [-0.25, -0.2) is 4.98 Å². The van der Waals surface area contributed by atoms with Gasteiger partial charge in [0, 0.05) is 17.0 Å². The van der Waals surface area contributed by atoms with E-state index >= 15 is 0 Å². The van der Waals surface area contributed by atoms with Crippen molar-refractivity contribution in [2.24, 2.45) is 5.92 Å². The third-order valence-corrected chi connectivity index (χ3v) is 5.36. The highest BCUT2D eigenvalue weighted by Gasteiger charge is 2.42.